The zero-order valence-corrected chi connectivity index (χ0v) is 9.03. The molecule has 16 heavy (non-hydrogen) atoms. The van der Waals surface area contributed by atoms with Crippen molar-refractivity contribution >= 4 is 0 Å². The fourth-order valence-corrected chi connectivity index (χ4v) is 1.24. The van der Waals surface area contributed by atoms with Gasteiger partial charge in [-0.05, 0) is 37.6 Å². The molecular weight excluding hydrogens is 211 g/mol. The van der Waals surface area contributed by atoms with Gasteiger partial charge in [-0.3, -0.25) is 0 Å². The second-order valence-electron chi connectivity index (χ2n) is 3.50. The number of nitrogens with zero attached hydrogens (tertiary/aromatic N) is 2. The molecule has 84 valence electrons. The van der Waals surface area contributed by atoms with Crippen LogP contribution in [-0.4, -0.2) is 10.3 Å². The van der Waals surface area contributed by atoms with Crippen LogP contribution in [0.25, 0.3) is 0 Å². The maximum atomic E-state index is 13.0. The van der Waals surface area contributed by atoms with Gasteiger partial charge in [0, 0.05) is 0 Å². The molecular formula is C11H11FN2O2. The highest BCUT2D eigenvalue weighted by atomic mass is 19.1. The van der Waals surface area contributed by atoms with Gasteiger partial charge < -0.3 is 4.74 Å². The maximum Gasteiger partial charge on any atom is 0.145 e. The lowest BCUT2D eigenvalue weighted by Gasteiger charge is -2.05. The van der Waals surface area contributed by atoms with Crippen LogP contribution in [0.3, 0.4) is 0 Å². The lowest BCUT2D eigenvalue weighted by Crippen LogP contribution is -1.98. The molecule has 1 aromatic carbocycles. The Labute approximate surface area is 92.0 Å². The fourth-order valence-electron chi connectivity index (χ4n) is 1.24. The van der Waals surface area contributed by atoms with Crippen LogP contribution in [0.4, 0.5) is 4.39 Å². The van der Waals surface area contributed by atoms with Crippen molar-refractivity contribution < 1.29 is 13.8 Å². The summed E-state index contributed by atoms with van der Waals surface area (Å²) in [5.41, 5.74) is 1.88. The molecule has 0 radical (unpaired) electrons. The second kappa shape index (κ2) is 4.30. The Morgan fingerprint density at radius 3 is 2.75 bits per heavy atom. The van der Waals surface area contributed by atoms with Crippen LogP contribution >= 0.6 is 0 Å². The summed E-state index contributed by atoms with van der Waals surface area (Å²) in [4.78, 5) is 0. The summed E-state index contributed by atoms with van der Waals surface area (Å²) in [6.45, 7) is 3.73. The van der Waals surface area contributed by atoms with Gasteiger partial charge in [0.15, 0.2) is 0 Å². The van der Waals surface area contributed by atoms with Gasteiger partial charge in [0.2, 0.25) is 0 Å². The third-order valence-corrected chi connectivity index (χ3v) is 2.25. The number of rotatable bonds is 3. The van der Waals surface area contributed by atoms with Crippen molar-refractivity contribution in [1.29, 1.82) is 0 Å². The standard InChI is InChI=1S/C11H11FN2O2/c1-7-5-9(3-4-10(7)12)15-6-11-8(2)13-16-14-11/h3-5H,6H2,1-2H3. The zero-order valence-electron chi connectivity index (χ0n) is 9.03. The molecule has 0 amide bonds. The van der Waals surface area contributed by atoms with E-state index in [1.165, 1.54) is 6.07 Å². The largest absolute Gasteiger partial charge is 0.487 e. The van der Waals surface area contributed by atoms with E-state index < -0.39 is 0 Å². The van der Waals surface area contributed by atoms with Gasteiger partial charge in [-0.2, -0.15) is 0 Å². The Balaban J connectivity index is 2.05. The highest BCUT2D eigenvalue weighted by Gasteiger charge is 2.06. The van der Waals surface area contributed by atoms with Crippen molar-refractivity contribution in [3.05, 3.63) is 41.0 Å². The minimum atomic E-state index is -0.244. The predicted octanol–water partition coefficient (Wildman–Crippen LogP) is 2.40. The number of benzene rings is 1. The van der Waals surface area contributed by atoms with Gasteiger partial charge in [0.1, 0.15) is 29.6 Å². The van der Waals surface area contributed by atoms with Gasteiger partial charge in [0.05, 0.1) is 0 Å². The van der Waals surface area contributed by atoms with Gasteiger partial charge >= 0.3 is 0 Å². The van der Waals surface area contributed by atoms with E-state index in [1.807, 2.05) is 0 Å². The first kappa shape index (κ1) is 10.6. The maximum absolute atomic E-state index is 13.0. The van der Waals surface area contributed by atoms with Crippen LogP contribution < -0.4 is 4.74 Å². The van der Waals surface area contributed by atoms with Crippen LogP contribution in [0.2, 0.25) is 0 Å². The minimum absolute atomic E-state index is 0.244. The molecule has 1 heterocycles. The van der Waals surface area contributed by atoms with Crippen molar-refractivity contribution in [3.8, 4) is 5.75 Å². The van der Waals surface area contributed by atoms with E-state index in [-0.39, 0.29) is 12.4 Å². The van der Waals surface area contributed by atoms with Crippen molar-refractivity contribution in [2.24, 2.45) is 0 Å². The Kier molecular flexibility index (Phi) is 2.85. The molecule has 0 saturated carbocycles. The Morgan fingerprint density at radius 2 is 2.12 bits per heavy atom. The molecule has 0 N–H and O–H groups in total. The van der Waals surface area contributed by atoms with E-state index in [0.29, 0.717) is 22.7 Å². The average molecular weight is 222 g/mol. The molecule has 1 aromatic heterocycles. The SMILES string of the molecule is Cc1cc(OCc2nonc2C)ccc1F. The lowest BCUT2D eigenvalue weighted by atomic mass is 10.2. The molecule has 0 bridgehead atoms. The Morgan fingerprint density at radius 1 is 1.31 bits per heavy atom. The number of hydrogen-bond acceptors (Lipinski definition) is 4. The molecule has 5 heteroatoms. The fraction of sp³-hybridized carbons (Fsp3) is 0.273. The highest BCUT2D eigenvalue weighted by molar-refractivity contribution is 5.29. The first-order chi connectivity index (χ1) is 7.66. The van der Waals surface area contributed by atoms with Crippen LogP contribution in [0.15, 0.2) is 22.8 Å². The first-order valence-electron chi connectivity index (χ1n) is 4.84. The van der Waals surface area contributed by atoms with Crippen LogP contribution in [-0.2, 0) is 6.61 Å². The van der Waals surface area contributed by atoms with Gasteiger partial charge in [-0.15, -0.1) is 0 Å². The first-order valence-corrected chi connectivity index (χ1v) is 4.84. The number of aryl methyl sites for hydroxylation is 2. The van der Waals surface area contributed by atoms with Gasteiger partial charge in [-0.1, -0.05) is 10.3 Å². The molecule has 4 nitrogen and oxygen atoms in total. The van der Waals surface area contributed by atoms with Crippen LogP contribution in [0.5, 0.6) is 5.75 Å². The minimum Gasteiger partial charge on any atom is -0.487 e. The molecule has 0 aliphatic heterocycles. The molecule has 0 unspecified atom stereocenters. The normalized spacial score (nSPS) is 10.4. The number of halogens is 1. The van der Waals surface area contributed by atoms with Gasteiger partial charge in [0.25, 0.3) is 0 Å². The summed E-state index contributed by atoms with van der Waals surface area (Å²) in [6.07, 6.45) is 0. The number of hydrogen-bond donors (Lipinski definition) is 0. The van der Waals surface area contributed by atoms with E-state index in [4.69, 9.17) is 4.74 Å². The molecule has 2 rings (SSSR count). The van der Waals surface area contributed by atoms with E-state index in [9.17, 15) is 4.39 Å². The molecule has 0 atom stereocenters. The summed E-state index contributed by atoms with van der Waals surface area (Å²) in [7, 11) is 0. The topological polar surface area (TPSA) is 48.2 Å². The smallest absolute Gasteiger partial charge is 0.145 e. The van der Waals surface area contributed by atoms with Crippen molar-refractivity contribution in [1.82, 2.24) is 10.3 Å². The Hall–Kier alpha value is -1.91. The van der Waals surface area contributed by atoms with E-state index in [2.05, 4.69) is 14.9 Å². The molecule has 0 spiro atoms. The van der Waals surface area contributed by atoms with Crippen molar-refractivity contribution in [2.75, 3.05) is 0 Å². The number of aromatic nitrogens is 2. The summed E-state index contributed by atoms with van der Waals surface area (Å²) < 4.78 is 23.0. The van der Waals surface area contributed by atoms with Crippen molar-refractivity contribution in [3.63, 3.8) is 0 Å². The summed E-state index contributed by atoms with van der Waals surface area (Å²) >= 11 is 0. The molecule has 0 fully saturated rings. The third-order valence-electron chi connectivity index (χ3n) is 2.25. The lowest BCUT2D eigenvalue weighted by molar-refractivity contribution is 0.269. The Bertz CT molecular complexity index is 496. The summed E-state index contributed by atoms with van der Waals surface area (Å²) in [5, 5.41) is 7.32. The summed E-state index contributed by atoms with van der Waals surface area (Å²) in [6, 6.07) is 4.59. The molecule has 0 aliphatic carbocycles. The van der Waals surface area contributed by atoms with Crippen LogP contribution in [0.1, 0.15) is 17.0 Å². The van der Waals surface area contributed by atoms with E-state index in [0.717, 1.165) is 0 Å². The van der Waals surface area contributed by atoms with Gasteiger partial charge in [-0.25, -0.2) is 9.02 Å². The molecule has 0 aliphatic rings. The van der Waals surface area contributed by atoms with Crippen molar-refractivity contribution in [2.45, 2.75) is 20.5 Å². The monoisotopic (exact) mass is 222 g/mol. The third kappa shape index (κ3) is 2.18. The number of ether oxygens (including phenoxy) is 1. The second-order valence-corrected chi connectivity index (χ2v) is 3.50. The molecule has 2 aromatic rings. The van der Waals surface area contributed by atoms with E-state index >= 15 is 0 Å². The van der Waals surface area contributed by atoms with Crippen LogP contribution in [0, 0.1) is 19.7 Å². The van der Waals surface area contributed by atoms with E-state index in [1.54, 1.807) is 26.0 Å². The molecule has 0 saturated heterocycles. The highest BCUT2D eigenvalue weighted by Crippen LogP contribution is 2.17. The zero-order chi connectivity index (χ0) is 11.5. The predicted molar refractivity (Wildman–Crippen MR) is 54.5 cm³/mol. The quantitative estimate of drug-likeness (QED) is 0.800. The average Bonchev–Trinajstić information content (AvgIpc) is 2.66. The summed E-state index contributed by atoms with van der Waals surface area (Å²) in [5.74, 6) is 0.355.